The summed E-state index contributed by atoms with van der Waals surface area (Å²) in [6.07, 6.45) is 6.88. The highest BCUT2D eigenvalue weighted by atomic mass is 16.4. The van der Waals surface area contributed by atoms with Crippen molar-refractivity contribution in [2.45, 2.75) is 44.6 Å². The Labute approximate surface area is 107 Å². The quantitative estimate of drug-likeness (QED) is 0.843. The maximum Gasteiger partial charge on any atom is 0.220 e. The molecule has 1 fully saturated rings. The van der Waals surface area contributed by atoms with Gasteiger partial charge in [-0.1, -0.05) is 12.8 Å². The molecule has 4 nitrogen and oxygen atoms in total. The van der Waals surface area contributed by atoms with E-state index in [0.717, 1.165) is 12.8 Å². The fraction of sp³-hybridized carbons (Fsp3) is 0.643. The molecule has 1 heterocycles. The molecule has 1 aliphatic rings. The number of aliphatic hydroxyl groups is 1. The molecule has 18 heavy (non-hydrogen) atoms. The monoisotopic (exact) mass is 251 g/mol. The molecule has 1 saturated carbocycles. The predicted molar refractivity (Wildman–Crippen MR) is 67.9 cm³/mol. The Morgan fingerprint density at radius 1 is 1.56 bits per heavy atom. The van der Waals surface area contributed by atoms with Crippen LogP contribution in [0.2, 0.25) is 0 Å². The fourth-order valence-electron chi connectivity index (χ4n) is 2.49. The van der Waals surface area contributed by atoms with Gasteiger partial charge in [-0.3, -0.25) is 4.79 Å². The van der Waals surface area contributed by atoms with Gasteiger partial charge in [-0.2, -0.15) is 0 Å². The highest BCUT2D eigenvalue weighted by Crippen LogP contribution is 2.27. The number of hydrogen-bond acceptors (Lipinski definition) is 3. The standard InChI is InChI=1S/C14H21NO3/c1-14(17,12-7-4-8-18-12)10-15-13(16)9-11-5-2-3-6-11/h4,7-8,11,17H,2-3,5-6,9-10H2,1H3,(H,15,16)/t14-/m1/s1. The molecule has 0 bridgehead atoms. The number of carbonyl (C=O) groups excluding carboxylic acids is 1. The van der Waals surface area contributed by atoms with Crippen molar-refractivity contribution >= 4 is 5.91 Å². The summed E-state index contributed by atoms with van der Waals surface area (Å²) in [7, 11) is 0. The lowest BCUT2D eigenvalue weighted by Crippen LogP contribution is -2.38. The van der Waals surface area contributed by atoms with Gasteiger partial charge in [0.15, 0.2) is 0 Å². The van der Waals surface area contributed by atoms with Crippen LogP contribution in [0.4, 0.5) is 0 Å². The Hall–Kier alpha value is -1.29. The second-order valence-electron chi connectivity index (χ2n) is 5.38. The molecule has 1 aromatic heterocycles. The zero-order valence-electron chi connectivity index (χ0n) is 10.8. The van der Waals surface area contributed by atoms with Gasteiger partial charge in [-0.25, -0.2) is 0 Å². The number of nitrogens with one attached hydrogen (secondary N) is 1. The van der Waals surface area contributed by atoms with E-state index in [1.54, 1.807) is 19.1 Å². The summed E-state index contributed by atoms with van der Waals surface area (Å²) in [6, 6.07) is 3.44. The molecule has 1 amide bonds. The molecular weight excluding hydrogens is 230 g/mol. The minimum atomic E-state index is -1.14. The van der Waals surface area contributed by atoms with Crippen molar-refractivity contribution in [3.8, 4) is 0 Å². The SMILES string of the molecule is C[C@@](O)(CNC(=O)CC1CCCC1)c1ccco1. The lowest BCUT2D eigenvalue weighted by atomic mass is 10.0. The number of carbonyl (C=O) groups is 1. The lowest BCUT2D eigenvalue weighted by molar-refractivity contribution is -0.123. The summed E-state index contributed by atoms with van der Waals surface area (Å²) in [5.41, 5.74) is -1.14. The van der Waals surface area contributed by atoms with Crippen LogP contribution >= 0.6 is 0 Å². The Morgan fingerprint density at radius 2 is 2.28 bits per heavy atom. The molecule has 1 aromatic rings. The zero-order valence-corrected chi connectivity index (χ0v) is 10.8. The van der Waals surface area contributed by atoms with E-state index in [9.17, 15) is 9.90 Å². The van der Waals surface area contributed by atoms with E-state index < -0.39 is 5.60 Å². The number of hydrogen-bond donors (Lipinski definition) is 2. The molecule has 4 heteroatoms. The molecule has 100 valence electrons. The van der Waals surface area contributed by atoms with E-state index in [0.29, 0.717) is 18.1 Å². The van der Waals surface area contributed by atoms with E-state index in [2.05, 4.69) is 5.32 Å². The van der Waals surface area contributed by atoms with Gasteiger partial charge >= 0.3 is 0 Å². The minimum Gasteiger partial charge on any atom is -0.466 e. The van der Waals surface area contributed by atoms with Crippen LogP contribution in [0.15, 0.2) is 22.8 Å². The molecule has 0 aromatic carbocycles. The number of rotatable bonds is 5. The van der Waals surface area contributed by atoms with Crippen LogP contribution in [-0.2, 0) is 10.4 Å². The van der Waals surface area contributed by atoms with Gasteiger partial charge in [0.2, 0.25) is 5.91 Å². The number of furan rings is 1. The highest BCUT2D eigenvalue weighted by Gasteiger charge is 2.27. The maximum absolute atomic E-state index is 11.8. The summed E-state index contributed by atoms with van der Waals surface area (Å²) < 4.78 is 5.16. The first kappa shape index (κ1) is 13.1. The molecule has 0 aliphatic heterocycles. The van der Waals surface area contributed by atoms with Crippen LogP contribution in [0.1, 0.15) is 44.8 Å². The molecular formula is C14H21NO3. The summed E-state index contributed by atoms with van der Waals surface area (Å²) >= 11 is 0. The van der Waals surface area contributed by atoms with Gasteiger partial charge < -0.3 is 14.8 Å². The van der Waals surface area contributed by atoms with E-state index >= 15 is 0 Å². The minimum absolute atomic E-state index is 0.0220. The van der Waals surface area contributed by atoms with E-state index in [4.69, 9.17) is 4.42 Å². The van der Waals surface area contributed by atoms with Gasteiger partial charge in [0.1, 0.15) is 11.4 Å². The van der Waals surface area contributed by atoms with Gasteiger partial charge in [-0.05, 0) is 37.8 Å². The fourth-order valence-corrected chi connectivity index (χ4v) is 2.49. The van der Waals surface area contributed by atoms with Crippen LogP contribution in [0, 0.1) is 5.92 Å². The average molecular weight is 251 g/mol. The molecule has 0 saturated heterocycles. The molecule has 1 atom stereocenters. The Bertz CT molecular complexity index is 378. The lowest BCUT2D eigenvalue weighted by Gasteiger charge is -2.21. The van der Waals surface area contributed by atoms with Crippen molar-refractivity contribution in [1.29, 1.82) is 0 Å². The first-order valence-corrected chi connectivity index (χ1v) is 6.61. The third-order valence-corrected chi connectivity index (χ3v) is 3.63. The molecule has 0 unspecified atom stereocenters. The van der Waals surface area contributed by atoms with E-state index in [-0.39, 0.29) is 12.5 Å². The van der Waals surface area contributed by atoms with Crippen LogP contribution in [0.5, 0.6) is 0 Å². The topological polar surface area (TPSA) is 62.5 Å². The summed E-state index contributed by atoms with van der Waals surface area (Å²) in [4.78, 5) is 11.8. The second kappa shape index (κ2) is 5.57. The van der Waals surface area contributed by atoms with Crippen molar-refractivity contribution in [2.75, 3.05) is 6.54 Å². The van der Waals surface area contributed by atoms with E-state index in [1.807, 2.05) is 0 Å². The summed E-state index contributed by atoms with van der Waals surface area (Å²) in [5.74, 6) is 1.02. The van der Waals surface area contributed by atoms with Crippen molar-refractivity contribution in [1.82, 2.24) is 5.32 Å². The zero-order chi connectivity index (χ0) is 13.0. The third kappa shape index (κ3) is 3.35. The average Bonchev–Trinajstić information content (AvgIpc) is 2.99. The van der Waals surface area contributed by atoms with Gasteiger partial charge in [0, 0.05) is 6.42 Å². The first-order valence-electron chi connectivity index (χ1n) is 6.61. The molecule has 2 N–H and O–H groups in total. The van der Waals surface area contributed by atoms with Crippen molar-refractivity contribution in [2.24, 2.45) is 5.92 Å². The van der Waals surface area contributed by atoms with Gasteiger partial charge in [0.25, 0.3) is 0 Å². The second-order valence-corrected chi connectivity index (χ2v) is 5.38. The molecule has 0 spiro atoms. The third-order valence-electron chi connectivity index (χ3n) is 3.63. The van der Waals surface area contributed by atoms with E-state index in [1.165, 1.54) is 19.1 Å². The van der Waals surface area contributed by atoms with Crippen LogP contribution < -0.4 is 5.32 Å². The Morgan fingerprint density at radius 3 is 2.89 bits per heavy atom. The van der Waals surface area contributed by atoms with Crippen LogP contribution in [0.3, 0.4) is 0 Å². The summed E-state index contributed by atoms with van der Waals surface area (Å²) in [5, 5.41) is 13.0. The van der Waals surface area contributed by atoms with Crippen molar-refractivity contribution in [3.05, 3.63) is 24.2 Å². The Balaban J connectivity index is 1.78. The largest absolute Gasteiger partial charge is 0.466 e. The van der Waals surface area contributed by atoms with Crippen LogP contribution in [0.25, 0.3) is 0 Å². The van der Waals surface area contributed by atoms with Gasteiger partial charge in [0.05, 0.1) is 12.8 Å². The molecule has 0 radical (unpaired) electrons. The summed E-state index contributed by atoms with van der Waals surface area (Å²) in [6.45, 7) is 1.83. The molecule has 1 aliphatic carbocycles. The maximum atomic E-state index is 11.8. The smallest absolute Gasteiger partial charge is 0.220 e. The van der Waals surface area contributed by atoms with Crippen molar-refractivity contribution < 1.29 is 14.3 Å². The molecule has 2 rings (SSSR count). The Kier molecular flexibility index (Phi) is 4.07. The first-order chi connectivity index (χ1) is 8.58. The highest BCUT2D eigenvalue weighted by molar-refractivity contribution is 5.76. The van der Waals surface area contributed by atoms with Gasteiger partial charge in [-0.15, -0.1) is 0 Å². The normalized spacial score (nSPS) is 19.7. The van der Waals surface area contributed by atoms with Crippen molar-refractivity contribution in [3.63, 3.8) is 0 Å². The number of amides is 1. The predicted octanol–water partition coefficient (Wildman–Crippen LogP) is 2.18. The van der Waals surface area contributed by atoms with Crippen LogP contribution in [-0.4, -0.2) is 17.6 Å².